The van der Waals surface area contributed by atoms with Crippen LogP contribution in [0.2, 0.25) is 0 Å². The van der Waals surface area contributed by atoms with Crippen molar-refractivity contribution in [2.45, 2.75) is 45.6 Å². The molecule has 0 bridgehead atoms. The van der Waals surface area contributed by atoms with Gasteiger partial charge in [-0.15, -0.1) is 0 Å². The Balaban J connectivity index is 2.38. The van der Waals surface area contributed by atoms with Crippen LogP contribution < -0.4 is 5.32 Å². The summed E-state index contributed by atoms with van der Waals surface area (Å²) in [6.45, 7) is 5.18. The summed E-state index contributed by atoms with van der Waals surface area (Å²) >= 11 is 0. The normalized spacial score (nSPS) is 12.6. The third-order valence-electron chi connectivity index (χ3n) is 2.96. The zero-order chi connectivity index (χ0) is 12.7. The second-order valence-electron chi connectivity index (χ2n) is 4.48. The van der Waals surface area contributed by atoms with E-state index in [1.54, 1.807) is 12.1 Å². The van der Waals surface area contributed by atoms with Gasteiger partial charge in [0.1, 0.15) is 11.5 Å². The molecule has 1 aromatic rings. The molecule has 0 aliphatic heterocycles. The van der Waals surface area contributed by atoms with Crippen molar-refractivity contribution in [2.75, 3.05) is 6.54 Å². The van der Waals surface area contributed by atoms with Crippen LogP contribution in [-0.4, -0.2) is 16.8 Å². The minimum absolute atomic E-state index is 0.0985. The minimum atomic E-state index is 0.0985. The van der Waals surface area contributed by atoms with E-state index in [0.717, 1.165) is 18.5 Å². The Bertz CT molecular complexity index is 339. The molecule has 1 aromatic carbocycles. The first-order chi connectivity index (χ1) is 8.15. The van der Waals surface area contributed by atoms with Gasteiger partial charge in [-0.3, -0.25) is 0 Å². The fourth-order valence-corrected chi connectivity index (χ4v) is 1.88. The second-order valence-corrected chi connectivity index (χ2v) is 4.48. The lowest BCUT2D eigenvalue weighted by Crippen LogP contribution is -2.19. The number of rotatable bonds is 7. The Labute approximate surface area is 103 Å². The first-order valence-corrected chi connectivity index (χ1v) is 6.40. The fourth-order valence-electron chi connectivity index (χ4n) is 1.88. The van der Waals surface area contributed by atoms with E-state index in [4.69, 9.17) is 0 Å². The minimum Gasteiger partial charge on any atom is -0.508 e. The van der Waals surface area contributed by atoms with Crippen molar-refractivity contribution in [2.24, 2.45) is 0 Å². The molecule has 1 atom stereocenters. The van der Waals surface area contributed by atoms with Gasteiger partial charge in [0.15, 0.2) is 0 Å². The highest BCUT2D eigenvalue weighted by molar-refractivity contribution is 5.40. The standard InChI is InChI=1S/C14H23NO2/c1-3-4-5-6-9-15-11(2)13-8-7-12(16)10-14(13)17/h7-8,10-11,15-17H,3-6,9H2,1-2H3. The van der Waals surface area contributed by atoms with E-state index in [1.165, 1.54) is 25.3 Å². The average Bonchev–Trinajstić information content (AvgIpc) is 2.28. The topological polar surface area (TPSA) is 52.5 Å². The van der Waals surface area contributed by atoms with Crippen LogP contribution in [-0.2, 0) is 0 Å². The maximum atomic E-state index is 9.70. The average molecular weight is 237 g/mol. The van der Waals surface area contributed by atoms with E-state index in [2.05, 4.69) is 12.2 Å². The molecule has 3 N–H and O–H groups in total. The molecule has 0 saturated carbocycles. The number of benzene rings is 1. The van der Waals surface area contributed by atoms with Crippen molar-refractivity contribution in [3.05, 3.63) is 23.8 Å². The monoisotopic (exact) mass is 237 g/mol. The summed E-state index contributed by atoms with van der Waals surface area (Å²) < 4.78 is 0. The Kier molecular flexibility index (Phi) is 5.84. The Morgan fingerprint density at radius 1 is 1.18 bits per heavy atom. The van der Waals surface area contributed by atoms with Crippen LogP contribution in [0.4, 0.5) is 0 Å². The molecule has 0 amide bonds. The highest BCUT2D eigenvalue weighted by atomic mass is 16.3. The number of phenols is 2. The van der Waals surface area contributed by atoms with Gasteiger partial charge < -0.3 is 15.5 Å². The van der Waals surface area contributed by atoms with Gasteiger partial charge in [-0.1, -0.05) is 32.3 Å². The third-order valence-corrected chi connectivity index (χ3v) is 2.96. The smallest absolute Gasteiger partial charge is 0.124 e. The molecule has 17 heavy (non-hydrogen) atoms. The van der Waals surface area contributed by atoms with Crippen LogP contribution in [0, 0.1) is 0 Å². The zero-order valence-electron chi connectivity index (χ0n) is 10.7. The van der Waals surface area contributed by atoms with Crippen LogP contribution in [0.5, 0.6) is 11.5 Å². The van der Waals surface area contributed by atoms with Gasteiger partial charge in [-0.2, -0.15) is 0 Å². The third kappa shape index (κ3) is 4.65. The molecule has 0 aliphatic rings. The van der Waals surface area contributed by atoms with Gasteiger partial charge in [-0.25, -0.2) is 0 Å². The van der Waals surface area contributed by atoms with Crippen LogP contribution in [0.25, 0.3) is 0 Å². The van der Waals surface area contributed by atoms with Crippen molar-refractivity contribution in [3.63, 3.8) is 0 Å². The highest BCUT2D eigenvalue weighted by Gasteiger charge is 2.09. The Morgan fingerprint density at radius 3 is 2.59 bits per heavy atom. The Hall–Kier alpha value is -1.22. The molecule has 0 aliphatic carbocycles. The van der Waals surface area contributed by atoms with Crippen molar-refractivity contribution >= 4 is 0 Å². The van der Waals surface area contributed by atoms with Crippen LogP contribution in [0.3, 0.4) is 0 Å². The number of hydrogen-bond acceptors (Lipinski definition) is 3. The quantitative estimate of drug-likeness (QED) is 0.638. The molecule has 3 heteroatoms. The van der Waals surface area contributed by atoms with Gasteiger partial charge in [-0.05, 0) is 26.0 Å². The molecular formula is C14H23NO2. The first-order valence-electron chi connectivity index (χ1n) is 6.40. The molecule has 0 aromatic heterocycles. The largest absolute Gasteiger partial charge is 0.508 e. The second kappa shape index (κ2) is 7.17. The van der Waals surface area contributed by atoms with E-state index in [-0.39, 0.29) is 17.5 Å². The highest BCUT2D eigenvalue weighted by Crippen LogP contribution is 2.27. The number of phenolic OH excluding ortho intramolecular Hbond substituents is 2. The molecule has 0 fully saturated rings. The molecule has 3 nitrogen and oxygen atoms in total. The lowest BCUT2D eigenvalue weighted by molar-refractivity contribution is 0.435. The van der Waals surface area contributed by atoms with Crippen molar-refractivity contribution in [1.29, 1.82) is 0 Å². The van der Waals surface area contributed by atoms with Gasteiger partial charge in [0, 0.05) is 17.7 Å². The van der Waals surface area contributed by atoms with Crippen LogP contribution in [0.15, 0.2) is 18.2 Å². The number of nitrogens with one attached hydrogen (secondary N) is 1. The molecule has 1 unspecified atom stereocenters. The molecule has 0 heterocycles. The lowest BCUT2D eigenvalue weighted by atomic mass is 10.1. The SMILES string of the molecule is CCCCCCNC(C)c1ccc(O)cc1O. The van der Waals surface area contributed by atoms with Crippen molar-refractivity contribution in [1.82, 2.24) is 5.32 Å². The zero-order valence-corrected chi connectivity index (χ0v) is 10.7. The predicted molar refractivity (Wildman–Crippen MR) is 70.3 cm³/mol. The van der Waals surface area contributed by atoms with E-state index < -0.39 is 0 Å². The molecule has 0 saturated heterocycles. The van der Waals surface area contributed by atoms with Crippen molar-refractivity contribution in [3.8, 4) is 11.5 Å². The van der Waals surface area contributed by atoms with E-state index in [0.29, 0.717) is 0 Å². The first kappa shape index (κ1) is 13.8. The van der Waals surface area contributed by atoms with Crippen LogP contribution in [0.1, 0.15) is 51.1 Å². The summed E-state index contributed by atoms with van der Waals surface area (Å²) in [6.07, 6.45) is 4.93. The molecule has 1 rings (SSSR count). The summed E-state index contributed by atoms with van der Waals surface area (Å²) in [5.74, 6) is 0.250. The summed E-state index contributed by atoms with van der Waals surface area (Å²) in [5, 5.41) is 22.3. The maximum absolute atomic E-state index is 9.70. The van der Waals surface area contributed by atoms with E-state index in [1.807, 2.05) is 6.92 Å². The predicted octanol–water partition coefficient (Wildman–Crippen LogP) is 3.33. The lowest BCUT2D eigenvalue weighted by Gasteiger charge is -2.15. The summed E-state index contributed by atoms with van der Waals surface area (Å²) in [4.78, 5) is 0. The van der Waals surface area contributed by atoms with Gasteiger partial charge in [0.05, 0.1) is 0 Å². The van der Waals surface area contributed by atoms with E-state index >= 15 is 0 Å². The van der Waals surface area contributed by atoms with Gasteiger partial charge >= 0.3 is 0 Å². The number of hydrogen-bond donors (Lipinski definition) is 3. The molecule has 0 spiro atoms. The van der Waals surface area contributed by atoms with Crippen molar-refractivity contribution < 1.29 is 10.2 Å². The van der Waals surface area contributed by atoms with Gasteiger partial charge in [0.25, 0.3) is 0 Å². The number of aromatic hydroxyl groups is 2. The molecule has 96 valence electrons. The molecule has 0 radical (unpaired) electrons. The summed E-state index contributed by atoms with van der Waals surface area (Å²) in [6, 6.07) is 4.85. The number of unbranched alkanes of at least 4 members (excludes halogenated alkanes) is 3. The van der Waals surface area contributed by atoms with Crippen LogP contribution >= 0.6 is 0 Å². The summed E-state index contributed by atoms with van der Waals surface area (Å²) in [7, 11) is 0. The molecular weight excluding hydrogens is 214 g/mol. The Morgan fingerprint density at radius 2 is 1.94 bits per heavy atom. The summed E-state index contributed by atoms with van der Waals surface area (Å²) in [5.41, 5.74) is 0.832. The van der Waals surface area contributed by atoms with Gasteiger partial charge in [0.2, 0.25) is 0 Å². The van der Waals surface area contributed by atoms with E-state index in [9.17, 15) is 10.2 Å². The maximum Gasteiger partial charge on any atom is 0.124 e. The fraction of sp³-hybridized carbons (Fsp3) is 0.571.